The van der Waals surface area contributed by atoms with Gasteiger partial charge in [-0.3, -0.25) is 0 Å². The average molecular weight is 300 g/mol. The van der Waals surface area contributed by atoms with E-state index in [0.717, 1.165) is 11.5 Å². The fraction of sp³-hybridized carbons (Fsp3) is 0.250. The minimum atomic E-state index is -0.319. The van der Waals surface area contributed by atoms with Gasteiger partial charge in [0.05, 0.1) is 10.2 Å². The smallest absolute Gasteiger partial charge is 0.232 e. The molecule has 0 aliphatic carbocycles. The van der Waals surface area contributed by atoms with E-state index < -0.39 is 0 Å². The number of rotatable bonds is 3. The number of benzene rings is 1. The van der Waals surface area contributed by atoms with E-state index in [-0.39, 0.29) is 12.4 Å². The second-order valence-corrected chi connectivity index (χ2v) is 4.47. The van der Waals surface area contributed by atoms with Crippen molar-refractivity contribution in [2.75, 3.05) is 0 Å². The summed E-state index contributed by atoms with van der Waals surface area (Å²) in [6.07, 6.45) is 0. The first-order valence-electron chi connectivity index (χ1n) is 5.07. The maximum Gasteiger partial charge on any atom is 0.232 e. The quantitative estimate of drug-likeness (QED) is 0.865. The molecule has 3 nitrogen and oxygen atoms in total. The topological polar surface area (TPSA) is 35.3 Å². The minimum Gasteiger partial charge on any atom is -0.484 e. The van der Waals surface area contributed by atoms with E-state index in [9.17, 15) is 4.39 Å². The van der Waals surface area contributed by atoms with Crippen molar-refractivity contribution in [3.8, 4) is 5.75 Å². The van der Waals surface area contributed by atoms with Crippen LogP contribution in [0, 0.1) is 19.7 Å². The van der Waals surface area contributed by atoms with Crippen molar-refractivity contribution >= 4 is 15.9 Å². The molecular formula is C12H11BrFNO2. The van der Waals surface area contributed by atoms with E-state index in [1.54, 1.807) is 12.1 Å². The monoisotopic (exact) mass is 299 g/mol. The Morgan fingerprint density at radius 3 is 2.76 bits per heavy atom. The Morgan fingerprint density at radius 2 is 2.18 bits per heavy atom. The van der Waals surface area contributed by atoms with Crippen LogP contribution in [-0.4, -0.2) is 4.98 Å². The molecule has 0 radical (unpaired) electrons. The summed E-state index contributed by atoms with van der Waals surface area (Å²) in [4.78, 5) is 4.19. The molecule has 0 aliphatic heterocycles. The molecule has 1 aromatic carbocycles. The molecule has 0 aliphatic rings. The van der Waals surface area contributed by atoms with Crippen LogP contribution in [-0.2, 0) is 6.61 Å². The third-order valence-electron chi connectivity index (χ3n) is 2.33. The Morgan fingerprint density at radius 1 is 1.41 bits per heavy atom. The highest BCUT2D eigenvalue weighted by molar-refractivity contribution is 9.10. The average Bonchev–Trinajstić information content (AvgIpc) is 2.60. The van der Waals surface area contributed by atoms with E-state index >= 15 is 0 Å². The molecule has 2 aromatic rings. The van der Waals surface area contributed by atoms with E-state index in [0.29, 0.717) is 16.1 Å². The van der Waals surface area contributed by atoms with Gasteiger partial charge in [-0.1, -0.05) is 0 Å². The normalized spacial score (nSPS) is 10.6. The van der Waals surface area contributed by atoms with Gasteiger partial charge in [0, 0.05) is 0 Å². The van der Waals surface area contributed by atoms with Gasteiger partial charge in [0.2, 0.25) is 5.89 Å². The van der Waals surface area contributed by atoms with Gasteiger partial charge < -0.3 is 9.15 Å². The van der Waals surface area contributed by atoms with Gasteiger partial charge in [-0.25, -0.2) is 9.37 Å². The van der Waals surface area contributed by atoms with Crippen molar-refractivity contribution < 1.29 is 13.5 Å². The number of aromatic nitrogens is 1. The largest absolute Gasteiger partial charge is 0.484 e. The van der Waals surface area contributed by atoms with E-state index in [1.807, 2.05) is 13.8 Å². The van der Waals surface area contributed by atoms with Crippen LogP contribution in [0.2, 0.25) is 0 Å². The molecule has 1 heterocycles. The highest BCUT2D eigenvalue weighted by Gasteiger charge is 2.07. The first-order valence-corrected chi connectivity index (χ1v) is 5.86. The molecule has 1 aromatic heterocycles. The third-order valence-corrected chi connectivity index (χ3v) is 2.93. The third kappa shape index (κ3) is 2.85. The number of hydrogen-bond donors (Lipinski definition) is 0. The molecule has 0 unspecified atom stereocenters. The molecule has 90 valence electrons. The summed E-state index contributed by atoms with van der Waals surface area (Å²) in [5, 5.41) is 0. The molecule has 0 atom stereocenters. The summed E-state index contributed by atoms with van der Waals surface area (Å²) in [7, 11) is 0. The Balaban J connectivity index is 2.04. The summed E-state index contributed by atoms with van der Waals surface area (Å²) in [5.74, 6) is 1.54. The second kappa shape index (κ2) is 4.87. The lowest BCUT2D eigenvalue weighted by Gasteiger charge is -2.04. The zero-order valence-corrected chi connectivity index (χ0v) is 11.0. The van der Waals surface area contributed by atoms with Crippen LogP contribution in [0.25, 0.3) is 0 Å². The van der Waals surface area contributed by atoms with Crippen LogP contribution in [0.4, 0.5) is 4.39 Å². The lowest BCUT2D eigenvalue weighted by Crippen LogP contribution is -1.96. The summed E-state index contributed by atoms with van der Waals surface area (Å²) >= 11 is 3.09. The number of oxazole rings is 1. The van der Waals surface area contributed by atoms with Crippen LogP contribution in [0.3, 0.4) is 0 Å². The van der Waals surface area contributed by atoms with Gasteiger partial charge >= 0.3 is 0 Å². The van der Waals surface area contributed by atoms with Crippen molar-refractivity contribution in [1.82, 2.24) is 4.98 Å². The lowest BCUT2D eigenvalue weighted by atomic mass is 10.3. The standard InChI is InChI=1S/C12H11BrFNO2/c1-7-8(2)17-12(15-7)6-16-9-3-4-11(14)10(13)5-9/h3-5H,6H2,1-2H3. The summed E-state index contributed by atoms with van der Waals surface area (Å²) in [6, 6.07) is 4.46. The van der Waals surface area contributed by atoms with Crippen molar-refractivity contribution in [2.45, 2.75) is 20.5 Å². The first-order chi connectivity index (χ1) is 8.06. The summed E-state index contributed by atoms with van der Waals surface area (Å²) in [5.41, 5.74) is 0.851. The number of ether oxygens (including phenoxy) is 1. The number of halogens is 2. The molecule has 0 saturated heterocycles. The van der Waals surface area contributed by atoms with E-state index in [1.165, 1.54) is 6.07 Å². The molecule has 0 fully saturated rings. The van der Waals surface area contributed by atoms with Crippen molar-refractivity contribution in [3.05, 3.63) is 45.8 Å². The van der Waals surface area contributed by atoms with Crippen molar-refractivity contribution in [1.29, 1.82) is 0 Å². The minimum absolute atomic E-state index is 0.229. The predicted octanol–water partition coefficient (Wildman–Crippen LogP) is 3.77. The lowest BCUT2D eigenvalue weighted by molar-refractivity contribution is 0.260. The highest BCUT2D eigenvalue weighted by atomic mass is 79.9. The Bertz CT molecular complexity index is 520. The SMILES string of the molecule is Cc1nc(COc2ccc(F)c(Br)c2)oc1C. The second-order valence-electron chi connectivity index (χ2n) is 3.61. The van der Waals surface area contributed by atoms with Crippen LogP contribution in [0.1, 0.15) is 17.3 Å². The van der Waals surface area contributed by atoms with Crippen LogP contribution in [0.5, 0.6) is 5.75 Å². The van der Waals surface area contributed by atoms with E-state index in [4.69, 9.17) is 9.15 Å². The molecule has 0 N–H and O–H groups in total. The van der Waals surface area contributed by atoms with Crippen molar-refractivity contribution in [2.24, 2.45) is 0 Å². The first kappa shape index (κ1) is 12.1. The van der Waals surface area contributed by atoms with Crippen LogP contribution >= 0.6 is 15.9 Å². The molecule has 0 amide bonds. The van der Waals surface area contributed by atoms with Gasteiger partial charge in [-0.15, -0.1) is 0 Å². The molecule has 17 heavy (non-hydrogen) atoms. The predicted molar refractivity (Wildman–Crippen MR) is 64.4 cm³/mol. The zero-order valence-electron chi connectivity index (χ0n) is 9.46. The molecule has 0 spiro atoms. The fourth-order valence-electron chi connectivity index (χ4n) is 1.31. The van der Waals surface area contributed by atoms with Gasteiger partial charge in [0.25, 0.3) is 0 Å². The molecule has 0 saturated carbocycles. The molecule has 0 bridgehead atoms. The zero-order chi connectivity index (χ0) is 12.4. The highest BCUT2D eigenvalue weighted by Crippen LogP contribution is 2.22. The maximum atomic E-state index is 13.0. The molecular weight excluding hydrogens is 289 g/mol. The van der Waals surface area contributed by atoms with Gasteiger partial charge in [0.15, 0.2) is 6.61 Å². The Hall–Kier alpha value is -1.36. The molecule has 5 heteroatoms. The maximum absolute atomic E-state index is 13.0. The Labute approximate surface area is 107 Å². The number of nitrogens with zero attached hydrogens (tertiary/aromatic N) is 1. The van der Waals surface area contributed by atoms with Crippen LogP contribution in [0.15, 0.2) is 27.1 Å². The summed E-state index contributed by atoms with van der Waals surface area (Å²) in [6.45, 7) is 3.95. The van der Waals surface area contributed by atoms with Crippen molar-refractivity contribution in [3.63, 3.8) is 0 Å². The number of hydrogen-bond acceptors (Lipinski definition) is 3. The van der Waals surface area contributed by atoms with E-state index in [2.05, 4.69) is 20.9 Å². The summed E-state index contributed by atoms with van der Waals surface area (Å²) < 4.78 is 24.2. The van der Waals surface area contributed by atoms with Gasteiger partial charge in [-0.05, 0) is 48.0 Å². The van der Waals surface area contributed by atoms with Gasteiger partial charge in [0.1, 0.15) is 17.3 Å². The van der Waals surface area contributed by atoms with Gasteiger partial charge in [-0.2, -0.15) is 0 Å². The fourth-order valence-corrected chi connectivity index (χ4v) is 1.67. The van der Waals surface area contributed by atoms with Crippen LogP contribution < -0.4 is 4.74 Å². The Kier molecular flexibility index (Phi) is 3.47. The number of aryl methyl sites for hydroxylation is 2. The molecule has 2 rings (SSSR count).